The molecule has 2 amide bonds. The third-order valence-corrected chi connectivity index (χ3v) is 5.06. The summed E-state index contributed by atoms with van der Waals surface area (Å²) < 4.78 is 5.79. The number of rotatable bonds is 7. The van der Waals surface area contributed by atoms with Gasteiger partial charge in [-0.1, -0.05) is 50.5 Å². The molecular formula is C23H28N2O3. The number of carbonyl (C=O) groups is 2. The summed E-state index contributed by atoms with van der Waals surface area (Å²) in [5, 5.41) is 5.88. The van der Waals surface area contributed by atoms with Crippen molar-refractivity contribution in [1.29, 1.82) is 0 Å². The van der Waals surface area contributed by atoms with Gasteiger partial charge in [0.25, 0.3) is 5.91 Å². The van der Waals surface area contributed by atoms with Crippen LogP contribution in [0.5, 0.6) is 5.75 Å². The zero-order valence-corrected chi connectivity index (χ0v) is 16.3. The lowest BCUT2D eigenvalue weighted by Crippen LogP contribution is -2.32. The van der Waals surface area contributed by atoms with Crippen LogP contribution in [0.3, 0.4) is 0 Å². The Kier molecular flexibility index (Phi) is 7.06. The van der Waals surface area contributed by atoms with Gasteiger partial charge in [0.1, 0.15) is 5.75 Å². The van der Waals surface area contributed by atoms with Gasteiger partial charge in [0.05, 0.1) is 0 Å². The van der Waals surface area contributed by atoms with Crippen LogP contribution in [-0.4, -0.2) is 17.9 Å². The zero-order valence-electron chi connectivity index (χ0n) is 16.3. The highest BCUT2D eigenvalue weighted by molar-refractivity contribution is 5.96. The van der Waals surface area contributed by atoms with Crippen molar-refractivity contribution in [3.8, 4) is 5.75 Å². The van der Waals surface area contributed by atoms with E-state index in [4.69, 9.17) is 4.74 Å². The van der Waals surface area contributed by atoms with E-state index in [9.17, 15) is 9.59 Å². The predicted molar refractivity (Wildman–Crippen MR) is 111 cm³/mol. The Bertz CT molecular complexity index is 785. The van der Waals surface area contributed by atoms with Crippen molar-refractivity contribution in [3.05, 3.63) is 54.6 Å². The fourth-order valence-electron chi connectivity index (χ4n) is 3.49. The maximum Gasteiger partial charge on any atom is 0.265 e. The topological polar surface area (TPSA) is 67.4 Å². The van der Waals surface area contributed by atoms with Gasteiger partial charge in [-0.15, -0.1) is 0 Å². The van der Waals surface area contributed by atoms with E-state index in [1.807, 2.05) is 55.5 Å². The molecule has 0 saturated heterocycles. The van der Waals surface area contributed by atoms with Crippen LogP contribution >= 0.6 is 0 Å². The van der Waals surface area contributed by atoms with Crippen LogP contribution in [0.1, 0.15) is 45.4 Å². The van der Waals surface area contributed by atoms with Crippen LogP contribution in [0.25, 0.3) is 0 Å². The fourth-order valence-corrected chi connectivity index (χ4v) is 3.49. The van der Waals surface area contributed by atoms with E-state index in [0.29, 0.717) is 23.5 Å². The molecule has 1 aliphatic rings. The molecule has 0 spiro atoms. The van der Waals surface area contributed by atoms with Gasteiger partial charge in [0.15, 0.2) is 6.10 Å². The Morgan fingerprint density at radius 1 is 0.964 bits per heavy atom. The van der Waals surface area contributed by atoms with Gasteiger partial charge in [0, 0.05) is 17.3 Å². The quantitative estimate of drug-likeness (QED) is 0.710. The molecule has 2 aromatic carbocycles. The van der Waals surface area contributed by atoms with Gasteiger partial charge in [-0.05, 0) is 49.6 Å². The highest BCUT2D eigenvalue weighted by Crippen LogP contribution is 2.25. The Morgan fingerprint density at radius 3 is 2.32 bits per heavy atom. The van der Waals surface area contributed by atoms with Crippen LogP contribution in [0.2, 0.25) is 0 Å². The second kappa shape index (κ2) is 9.93. The van der Waals surface area contributed by atoms with Crippen molar-refractivity contribution < 1.29 is 14.3 Å². The second-order valence-electron chi connectivity index (χ2n) is 7.22. The number of nitrogens with one attached hydrogen (secondary N) is 2. The monoisotopic (exact) mass is 380 g/mol. The molecule has 1 atom stereocenters. The minimum atomic E-state index is -0.581. The molecule has 0 heterocycles. The molecule has 2 N–H and O–H groups in total. The lowest BCUT2D eigenvalue weighted by atomic mass is 9.88. The summed E-state index contributed by atoms with van der Waals surface area (Å²) in [5.74, 6) is 0.623. The Balaban J connectivity index is 1.59. The standard InChI is InChI=1S/C23H28N2O3/c1-2-21(28-20-14-7-4-8-15-20)23(27)25-19-13-9-12-18(16-19)24-22(26)17-10-5-3-6-11-17/h4,7-9,12-17,21H,2-3,5-6,10-11H2,1H3,(H,24,26)(H,25,27). The number of benzene rings is 2. The molecule has 1 unspecified atom stereocenters. The average molecular weight is 380 g/mol. The maximum atomic E-state index is 12.6. The molecule has 28 heavy (non-hydrogen) atoms. The fraction of sp³-hybridized carbons (Fsp3) is 0.391. The van der Waals surface area contributed by atoms with Crippen molar-refractivity contribution in [3.63, 3.8) is 0 Å². The molecule has 0 aliphatic heterocycles. The Morgan fingerprint density at radius 2 is 1.64 bits per heavy atom. The Labute approximate surface area is 166 Å². The van der Waals surface area contributed by atoms with Gasteiger partial charge in [-0.25, -0.2) is 0 Å². The lowest BCUT2D eigenvalue weighted by Gasteiger charge is -2.21. The van der Waals surface area contributed by atoms with Crippen molar-refractivity contribution >= 4 is 23.2 Å². The summed E-state index contributed by atoms with van der Waals surface area (Å²) in [7, 11) is 0. The number of hydrogen-bond acceptors (Lipinski definition) is 3. The summed E-state index contributed by atoms with van der Waals surface area (Å²) >= 11 is 0. The van der Waals surface area contributed by atoms with Crippen molar-refractivity contribution in [2.45, 2.75) is 51.6 Å². The third-order valence-electron chi connectivity index (χ3n) is 5.06. The number of carbonyl (C=O) groups excluding carboxylic acids is 2. The van der Waals surface area contributed by atoms with Crippen LogP contribution in [0.15, 0.2) is 54.6 Å². The van der Waals surface area contributed by atoms with E-state index < -0.39 is 6.10 Å². The van der Waals surface area contributed by atoms with Crippen LogP contribution < -0.4 is 15.4 Å². The van der Waals surface area contributed by atoms with Crippen LogP contribution in [-0.2, 0) is 9.59 Å². The van der Waals surface area contributed by atoms with E-state index in [0.717, 1.165) is 25.7 Å². The summed E-state index contributed by atoms with van der Waals surface area (Å²) in [6.07, 6.45) is 5.34. The number of para-hydroxylation sites is 1. The van der Waals surface area contributed by atoms with Gasteiger partial charge < -0.3 is 15.4 Å². The SMILES string of the molecule is CCC(Oc1ccccc1)C(=O)Nc1cccc(NC(=O)C2CCCCC2)c1. The first-order valence-corrected chi connectivity index (χ1v) is 10.1. The summed E-state index contributed by atoms with van der Waals surface area (Å²) in [4.78, 5) is 25.0. The van der Waals surface area contributed by atoms with Gasteiger partial charge in [-0.2, -0.15) is 0 Å². The molecule has 0 aromatic heterocycles. The molecule has 2 aromatic rings. The van der Waals surface area contributed by atoms with Crippen molar-refractivity contribution in [1.82, 2.24) is 0 Å². The van der Waals surface area contributed by atoms with E-state index in [2.05, 4.69) is 10.6 Å². The molecule has 3 rings (SSSR count). The van der Waals surface area contributed by atoms with E-state index >= 15 is 0 Å². The third kappa shape index (κ3) is 5.59. The number of hydrogen-bond donors (Lipinski definition) is 2. The highest BCUT2D eigenvalue weighted by atomic mass is 16.5. The average Bonchev–Trinajstić information content (AvgIpc) is 2.73. The van der Waals surface area contributed by atoms with Gasteiger partial charge >= 0.3 is 0 Å². The maximum absolute atomic E-state index is 12.6. The molecule has 0 radical (unpaired) electrons. The minimum absolute atomic E-state index is 0.0713. The smallest absolute Gasteiger partial charge is 0.265 e. The molecule has 5 heteroatoms. The normalized spacial score (nSPS) is 15.5. The van der Waals surface area contributed by atoms with Gasteiger partial charge in [0.2, 0.25) is 5.91 Å². The van der Waals surface area contributed by atoms with E-state index in [1.165, 1.54) is 6.42 Å². The zero-order chi connectivity index (χ0) is 19.8. The van der Waals surface area contributed by atoms with Crippen molar-refractivity contribution in [2.75, 3.05) is 10.6 Å². The molecule has 0 bridgehead atoms. The van der Waals surface area contributed by atoms with Crippen LogP contribution in [0, 0.1) is 5.92 Å². The highest BCUT2D eigenvalue weighted by Gasteiger charge is 2.22. The van der Waals surface area contributed by atoms with Crippen LogP contribution in [0.4, 0.5) is 11.4 Å². The van der Waals surface area contributed by atoms with Gasteiger partial charge in [-0.3, -0.25) is 9.59 Å². The van der Waals surface area contributed by atoms with E-state index in [-0.39, 0.29) is 17.7 Å². The first kappa shape index (κ1) is 19.9. The summed E-state index contributed by atoms with van der Waals surface area (Å²) in [6.45, 7) is 1.91. The number of amides is 2. The number of ether oxygens (including phenoxy) is 1. The summed E-state index contributed by atoms with van der Waals surface area (Å²) in [6, 6.07) is 16.6. The summed E-state index contributed by atoms with van der Waals surface area (Å²) in [5.41, 5.74) is 1.34. The molecule has 1 fully saturated rings. The molecule has 148 valence electrons. The minimum Gasteiger partial charge on any atom is -0.481 e. The molecule has 1 aliphatic carbocycles. The lowest BCUT2D eigenvalue weighted by molar-refractivity contribution is -0.123. The number of anilines is 2. The van der Waals surface area contributed by atoms with E-state index in [1.54, 1.807) is 6.07 Å². The Hall–Kier alpha value is -2.82. The molecular weight excluding hydrogens is 352 g/mol. The second-order valence-corrected chi connectivity index (χ2v) is 7.22. The molecule has 1 saturated carbocycles. The van der Waals surface area contributed by atoms with Crippen molar-refractivity contribution in [2.24, 2.45) is 5.92 Å². The predicted octanol–water partition coefficient (Wildman–Crippen LogP) is 5.00. The largest absolute Gasteiger partial charge is 0.481 e. The first-order chi connectivity index (χ1) is 13.7. The molecule has 5 nitrogen and oxygen atoms in total. The first-order valence-electron chi connectivity index (χ1n) is 10.1.